The highest BCUT2D eigenvalue weighted by Crippen LogP contribution is 2.24. The number of rotatable bonds is 5. The highest BCUT2D eigenvalue weighted by molar-refractivity contribution is 7.89. The second-order valence-corrected chi connectivity index (χ2v) is 6.38. The van der Waals surface area contributed by atoms with Crippen LogP contribution in [0.1, 0.15) is 19.8 Å². The van der Waals surface area contributed by atoms with Gasteiger partial charge in [-0.2, -0.15) is 4.31 Å². The van der Waals surface area contributed by atoms with Crippen molar-refractivity contribution in [2.24, 2.45) is 5.92 Å². The summed E-state index contributed by atoms with van der Waals surface area (Å²) in [5.41, 5.74) is 0. The van der Waals surface area contributed by atoms with Gasteiger partial charge in [-0.1, -0.05) is 0 Å². The lowest BCUT2D eigenvalue weighted by Crippen LogP contribution is -2.48. The molecule has 0 aromatic heterocycles. The minimum atomic E-state index is -3.42. The third-order valence-corrected chi connectivity index (χ3v) is 4.98. The monoisotopic (exact) mass is 265 g/mol. The van der Waals surface area contributed by atoms with Crippen LogP contribution in [0.4, 0.5) is 0 Å². The van der Waals surface area contributed by atoms with Crippen molar-refractivity contribution < 1.29 is 23.1 Å². The van der Waals surface area contributed by atoms with Crippen LogP contribution in [0.15, 0.2) is 0 Å². The summed E-state index contributed by atoms with van der Waals surface area (Å²) >= 11 is 0. The van der Waals surface area contributed by atoms with E-state index in [0.29, 0.717) is 12.8 Å². The van der Waals surface area contributed by atoms with E-state index in [0.717, 1.165) is 0 Å². The molecule has 1 rings (SSSR count). The number of carboxylic acid groups (broad SMARTS) is 1. The number of carboxylic acids is 1. The molecule has 1 saturated heterocycles. The Morgan fingerprint density at radius 3 is 2.65 bits per heavy atom. The van der Waals surface area contributed by atoms with Crippen molar-refractivity contribution in [1.82, 2.24) is 4.31 Å². The van der Waals surface area contributed by atoms with Crippen molar-refractivity contribution >= 4 is 16.0 Å². The van der Waals surface area contributed by atoms with Crippen LogP contribution >= 0.6 is 0 Å². The molecule has 1 N–H and O–H groups in total. The number of nitrogens with zero attached hydrogens (tertiary/aromatic N) is 1. The van der Waals surface area contributed by atoms with Crippen molar-refractivity contribution in [3.8, 4) is 0 Å². The molecular formula is C10H19NO5S. The van der Waals surface area contributed by atoms with Crippen molar-refractivity contribution in [3.63, 3.8) is 0 Å². The van der Waals surface area contributed by atoms with Crippen LogP contribution in [0, 0.1) is 5.92 Å². The fourth-order valence-corrected chi connectivity index (χ4v) is 3.64. The first-order chi connectivity index (χ1) is 7.88. The summed E-state index contributed by atoms with van der Waals surface area (Å²) in [7, 11) is -1.98. The SMILES string of the molecule is COCCS(=O)(=O)N1CC(C(=O)O)CCC1C. The zero-order valence-electron chi connectivity index (χ0n) is 10.1. The van der Waals surface area contributed by atoms with Gasteiger partial charge in [0.1, 0.15) is 0 Å². The van der Waals surface area contributed by atoms with E-state index in [1.807, 2.05) is 6.92 Å². The van der Waals surface area contributed by atoms with Gasteiger partial charge >= 0.3 is 5.97 Å². The molecule has 1 aliphatic rings. The van der Waals surface area contributed by atoms with Gasteiger partial charge in [0.05, 0.1) is 18.3 Å². The minimum absolute atomic E-state index is 0.0720. The molecular weight excluding hydrogens is 246 g/mol. The average molecular weight is 265 g/mol. The minimum Gasteiger partial charge on any atom is -0.481 e. The number of aliphatic carboxylic acids is 1. The molecule has 1 aliphatic heterocycles. The number of methoxy groups -OCH3 is 1. The van der Waals surface area contributed by atoms with Crippen LogP contribution in [0.5, 0.6) is 0 Å². The van der Waals surface area contributed by atoms with Crippen LogP contribution in [-0.2, 0) is 19.6 Å². The Labute approximate surface area is 102 Å². The molecule has 7 heteroatoms. The first-order valence-corrected chi connectivity index (χ1v) is 7.20. The first kappa shape index (κ1) is 14.4. The maximum Gasteiger partial charge on any atom is 0.307 e. The van der Waals surface area contributed by atoms with Crippen LogP contribution < -0.4 is 0 Å². The molecule has 1 fully saturated rings. The summed E-state index contributed by atoms with van der Waals surface area (Å²) in [5, 5.41) is 8.94. The van der Waals surface area contributed by atoms with Gasteiger partial charge in [0.25, 0.3) is 0 Å². The standard InChI is InChI=1S/C10H19NO5S/c1-8-3-4-9(10(12)13)7-11(8)17(14,15)6-5-16-2/h8-9H,3-7H2,1-2H3,(H,12,13). The normalized spacial score (nSPS) is 26.9. The number of ether oxygens (including phenoxy) is 1. The maximum atomic E-state index is 12.0. The van der Waals surface area contributed by atoms with Crippen LogP contribution in [0.2, 0.25) is 0 Å². The van der Waals surface area contributed by atoms with Gasteiger partial charge in [0.2, 0.25) is 10.0 Å². The Kier molecular flexibility index (Phi) is 4.91. The first-order valence-electron chi connectivity index (χ1n) is 5.59. The van der Waals surface area contributed by atoms with Crippen LogP contribution in [-0.4, -0.2) is 55.9 Å². The van der Waals surface area contributed by atoms with Gasteiger partial charge in [-0.05, 0) is 19.8 Å². The molecule has 2 atom stereocenters. The molecule has 100 valence electrons. The second-order valence-electron chi connectivity index (χ2n) is 4.34. The van der Waals surface area contributed by atoms with E-state index in [9.17, 15) is 13.2 Å². The van der Waals surface area contributed by atoms with Gasteiger partial charge in [-0.15, -0.1) is 0 Å². The van der Waals surface area contributed by atoms with E-state index >= 15 is 0 Å². The van der Waals surface area contributed by atoms with Gasteiger partial charge in [0.15, 0.2) is 0 Å². The summed E-state index contributed by atoms with van der Waals surface area (Å²) in [6.07, 6.45) is 1.12. The summed E-state index contributed by atoms with van der Waals surface area (Å²) in [4.78, 5) is 10.9. The molecule has 2 unspecified atom stereocenters. The molecule has 0 aromatic carbocycles. The van der Waals surface area contributed by atoms with Gasteiger partial charge in [0, 0.05) is 19.7 Å². The Bertz CT molecular complexity index is 367. The zero-order valence-corrected chi connectivity index (χ0v) is 10.9. The van der Waals surface area contributed by atoms with E-state index in [1.54, 1.807) is 0 Å². The summed E-state index contributed by atoms with van der Waals surface area (Å²) in [6, 6.07) is -0.132. The van der Waals surface area contributed by atoms with Crippen molar-refractivity contribution in [3.05, 3.63) is 0 Å². The largest absolute Gasteiger partial charge is 0.481 e. The molecule has 0 aromatic rings. The Morgan fingerprint density at radius 1 is 1.47 bits per heavy atom. The van der Waals surface area contributed by atoms with E-state index in [2.05, 4.69) is 0 Å². The highest BCUT2D eigenvalue weighted by atomic mass is 32.2. The molecule has 0 saturated carbocycles. The lowest BCUT2D eigenvalue weighted by atomic mass is 9.96. The number of hydrogen-bond donors (Lipinski definition) is 1. The van der Waals surface area contributed by atoms with Gasteiger partial charge in [-0.3, -0.25) is 4.79 Å². The molecule has 0 radical (unpaired) electrons. The van der Waals surface area contributed by atoms with Gasteiger partial charge in [-0.25, -0.2) is 8.42 Å². The molecule has 0 amide bonds. The molecule has 1 heterocycles. The molecule has 0 spiro atoms. The Hall–Kier alpha value is -0.660. The Balaban J connectivity index is 2.76. The summed E-state index contributed by atoms with van der Waals surface area (Å²) in [6.45, 7) is 2.01. The number of carbonyl (C=O) groups is 1. The Morgan fingerprint density at radius 2 is 2.12 bits per heavy atom. The van der Waals surface area contributed by atoms with Gasteiger partial charge < -0.3 is 9.84 Å². The van der Waals surface area contributed by atoms with E-state index in [1.165, 1.54) is 11.4 Å². The topological polar surface area (TPSA) is 83.9 Å². The number of piperidine rings is 1. The molecule has 6 nitrogen and oxygen atoms in total. The number of sulfonamides is 1. The summed E-state index contributed by atoms with van der Waals surface area (Å²) in [5.74, 6) is -1.62. The third kappa shape index (κ3) is 3.65. The smallest absolute Gasteiger partial charge is 0.307 e. The van der Waals surface area contributed by atoms with E-state index in [-0.39, 0.29) is 24.9 Å². The predicted octanol–water partition coefficient (Wildman–Crippen LogP) is 0.148. The zero-order chi connectivity index (χ0) is 13.1. The highest BCUT2D eigenvalue weighted by Gasteiger charge is 2.36. The predicted molar refractivity (Wildman–Crippen MR) is 62.2 cm³/mol. The maximum absolute atomic E-state index is 12.0. The van der Waals surface area contributed by atoms with Crippen molar-refractivity contribution in [2.45, 2.75) is 25.8 Å². The lowest BCUT2D eigenvalue weighted by Gasteiger charge is -2.35. The molecule has 17 heavy (non-hydrogen) atoms. The van der Waals surface area contributed by atoms with E-state index in [4.69, 9.17) is 9.84 Å². The van der Waals surface area contributed by atoms with E-state index < -0.39 is 21.9 Å². The average Bonchev–Trinajstić information content (AvgIpc) is 2.26. The second kappa shape index (κ2) is 5.79. The lowest BCUT2D eigenvalue weighted by molar-refractivity contribution is -0.143. The van der Waals surface area contributed by atoms with Crippen molar-refractivity contribution in [2.75, 3.05) is 26.0 Å². The quantitative estimate of drug-likeness (QED) is 0.765. The van der Waals surface area contributed by atoms with Crippen LogP contribution in [0.25, 0.3) is 0 Å². The van der Waals surface area contributed by atoms with Crippen LogP contribution in [0.3, 0.4) is 0 Å². The summed E-state index contributed by atoms with van der Waals surface area (Å²) < 4.78 is 30.0. The molecule has 0 bridgehead atoms. The molecule has 0 aliphatic carbocycles. The number of hydrogen-bond acceptors (Lipinski definition) is 4. The third-order valence-electron chi connectivity index (χ3n) is 3.08. The van der Waals surface area contributed by atoms with Crippen molar-refractivity contribution in [1.29, 1.82) is 0 Å². The fraction of sp³-hybridized carbons (Fsp3) is 0.900. The fourth-order valence-electron chi connectivity index (χ4n) is 1.97.